The van der Waals surface area contributed by atoms with E-state index in [0.29, 0.717) is 6.54 Å². The smallest absolute Gasteiger partial charge is 0.0473 e. The summed E-state index contributed by atoms with van der Waals surface area (Å²) in [5.41, 5.74) is 9.09. The van der Waals surface area contributed by atoms with Gasteiger partial charge in [0.1, 0.15) is 0 Å². The monoisotopic (exact) mass is 292 g/mol. The molecule has 3 heteroatoms. The van der Waals surface area contributed by atoms with Crippen molar-refractivity contribution in [1.29, 1.82) is 0 Å². The van der Waals surface area contributed by atoms with Crippen LogP contribution in [0.3, 0.4) is 0 Å². The quantitative estimate of drug-likeness (QED) is 0.853. The summed E-state index contributed by atoms with van der Waals surface area (Å²) in [5, 5.41) is 0.776. The van der Waals surface area contributed by atoms with E-state index in [2.05, 4.69) is 43.9 Å². The molecule has 1 heterocycles. The lowest BCUT2D eigenvalue weighted by Gasteiger charge is -2.36. The van der Waals surface area contributed by atoms with Gasteiger partial charge in [-0.15, -0.1) is 0 Å². The molecular formula is C17H25ClN2. The molecule has 1 unspecified atom stereocenters. The first kappa shape index (κ1) is 15.6. The van der Waals surface area contributed by atoms with E-state index in [0.717, 1.165) is 24.5 Å². The molecule has 0 fully saturated rings. The van der Waals surface area contributed by atoms with E-state index in [4.69, 9.17) is 17.3 Å². The maximum atomic E-state index is 6.00. The van der Waals surface area contributed by atoms with Crippen molar-refractivity contribution in [3.8, 4) is 0 Å². The van der Waals surface area contributed by atoms with E-state index < -0.39 is 0 Å². The minimum absolute atomic E-state index is 0.282. The van der Waals surface area contributed by atoms with Gasteiger partial charge in [-0.05, 0) is 29.5 Å². The molecule has 0 spiro atoms. The van der Waals surface area contributed by atoms with Gasteiger partial charge < -0.3 is 5.73 Å². The van der Waals surface area contributed by atoms with Crippen LogP contribution in [0.2, 0.25) is 5.02 Å². The molecule has 1 aliphatic heterocycles. The lowest BCUT2D eigenvalue weighted by molar-refractivity contribution is 0.209. The van der Waals surface area contributed by atoms with Crippen LogP contribution in [0, 0.1) is 5.41 Å². The van der Waals surface area contributed by atoms with Crippen molar-refractivity contribution >= 4 is 11.6 Å². The Morgan fingerprint density at radius 3 is 2.35 bits per heavy atom. The van der Waals surface area contributed by atoms with Crippen LogP contribution in [0.1, 0.15) is 38.8 Å². The second kappa shape index (κ2) is 6.30. The van der Waals surface area contributed by atoms with Crippen molar-refractivity contribution in [2.45, 2.75) is 33.2 Å². The molecule has 0 bridgehead atoms. The van der Waals surface area contributed by atoms with Gasteiger partial charge in [-0.2, -0.15) is 0 Å². The second-order valence-corrected chi connectivity index (χ2v) is 6.96. The second-order valence-electron chi connectivity index (χ2n) is 6.53. The van der Waals surface area contributed by atoms with Gasteiger partial charge in [0.15, 0.2) is 0 Å². The molecule has 0 saturated carbocycles. The summed E-state index contributed by atoms with van der Waals surface area (Å²) < 4.78 is 0. The van der Waals surface area contributed by atoms with Crippen LogP contribution in [0.5, 0.6) is 0 Å². The summed E-state index contributed by atoms with van der Waals surface area (Å²) in [6.07, 6.45) is 3.51. The molecule has 2 rings (SSSR count). The highest BCUT2D eigenvalue weighted by atomic mass is 35.5. The fourth-order valence-corrected chi connectivity index (χ4v) is 2.96. The number of nitrogens with zero attached hydrogens (tertiary/aromatic N) is 1. The van der Waals surface area contributed by atoms with Crippen LogP contribution in [-0.4, -0.2) is 24.5 Å². The fourth-order valence-electron chi connectivity index (χ4n) is 2.83. The molecule has 1 aromatic carbocycles. The maximum absolute atomic E-state index is 6.00. The van der Waals surface area contributed by atoms with Crippen LogP contribution < -0.4 is 5.73 Å². The summed E-state index contributed by atoms with van der Waals surface area (Å²) in [6, 6.07) is 8.34. The molecule has 20 heavy (non-hydrogen) atoms. The van der Waals surface area contributed by atoms with Crippen LogP contribution in [0.15, 0.2) is 35.9 Å². The van der Waals surface area contributed by atoms with Gasteiger partial charge in [0.05, 0.1) is 0 Å². The Labute approximate surface area is 127 Å². The lowest BCUT2D eigenvalue weighted by atomic mass is 9.82. The number of hydrogen-bond acceptors (Lipinski definition) is 2. The molecule has 0 aromatic heterocycles. The highest BCUT2D eigenvalue weighted by Gasteiger charge is 2.25. The summed E-state index contributed by atoms with van der Waals surface area (Å²) in [5.74, 6) is 0. The Balaban J connectivity index is 2.11. The summed E-state index contributed by atoms with van der Waals surface area (Å²) in [4.78, 5) is 2.46. The normalized spacial score (nSPS) is 18.8. The zero-order valence-corrected chi connectivity index (χ0v) is 13.5. The number of hydrogen-bond donors (Lipinski definition) is 1. The molecule has 0 amide bonds. The third-order valence-corrected chi connectivity index (χ3v) is 4.37. The van der Waals surface area contributed by atoms with Crippen LogP contribution in [-0.2, 0) is 0 Å². The Kier molecular flexibility index (Phi) is 4.90. The third kappa shape index (κ3) is 3.63. The SMILES string of the molecule is CC(C)(C)C1=CCN(C(CN)c2ccc(Cl)cc2)CC1. The van der Waals surface area contributed by atoms with Gasteiger partial charge in [0.25, 0.3) is 0 Å². The first-order valence-corrected chi connectivity index (χ1v) is 7.68. The highest BCUT2D eigenvalue weighted by Crippen LogP contribution is 2.32. The van der Waals surface area contributed by atoms with Crippen molar-refractivity contribution in [3.05, 3.63) is 46.5 Å². The fraction of sp³-hybridized carbons (Fsp3) is 0.529. The number of nitrogens with two attached hydrogens (primary N) is 1. The Morgan fingerprint density at radius 2 is 1.90 bits per heavy atom. The van der Waals surface area contributed by atoms with Gasteiger partial charge in [-0.1, -0.05) is 56.2 Å². The maximum Gasteiger partial charge on any atom is 0.0473 e. The molecule has 1 atom stereocenters. The Hall–Kier alpha value is -0.830. The minimum Gasteiger partial charge on any atom is -0.329 e. The summed E-state index contributed by atoms with van der Waals surface area (Å²) in [6.45, 7) is 9.56. The van der Waals surface area contributed by atoms with Gasteiger partial charge in [0.2, 0.25) is 0 Å². The van der Waals surface area contributed by atoms with Crippen molar-refractivity contribution in [1.82, 2.24) is 4.90 Å². The molecule has 0 radical (unpaired) electrons. The zero-order chi connectivity index (χ0) is 14.8. The van der Waals surface area contributed by atoms with E-state index >= 15 is 0 Å². The van der Waals surface area contributed by atoms with Crippen molar-refractivity contribution in [3.63, 3.8) is 0 Å². The third-order valence-electron chi connectivity index (χ3n) is 4.12. The van der Waals surface area contributed by atoms with E-state index in [1.54, 1.807) is 5.57 Å². The van der Waals surface area contributed by atoms with Gasteiger partial charge in [-0.25, -0.2) is 0 Å². The number of benzene rings is 1. The van der Waals surface area contributed by atoms with E-state index in [-0.39, 0.29) is 11.5 Å². The van der Waals surface area contributed by atoms with E-state index in [1.165, 1.54) is 5.56 Å². The first-order chi connectivity index (χ1) is 9.41. The van der Waals surface area contributed by atoms with Gasteiger partial charge in [-0.3, -0.25) is 4.90 Å². The molecule has 0 saturated heterocycles. The van der Waals surface area contributed by atoms with E-state index in [9.17, 15) is 0 Å². The van der Waals surface area contributed by atoms with Crippen LogP contribution in [0.4, 0.5) is 0 Å². The Morgan fingerprint density at radius 1 is 1.25 bits per heavy atom. The van der Waals surface area contributed by atoms with Crippen LogP contribution in [0.25, 0.3) is 0 Å². The van der Waals surface area contributed by atoms with Crippen molar-refractivity contribution in [2.24, 2.45) is 11.1 Å². The van der Waals surface area contributed by atoms with E-state index in [1.807, 2.05) is 12.1 Å². The molecule has 1 aromatic rings. The first-order valence-electron chi connectivity index (χ1n) is 7.31. The molecule has 110 valence electrons. The summed E-state index contributed by atoms with van der Waals surface area (Å²) >= 11 is 5.96. The number of halogens is 1. The largest absolute Gasteiger partial charge is 0.329 e. The van der Waals surface area contributed by atoms with Gasteiger partial charge in [0, 0.05) is 30.7 Å². The average molecular weight is 293 g/mol. The average Bonchev–Trinajstić information content (AvgIpc) is 2.41. The molecule has 2 N–H and O–H groups in total. The molecule has 2 nitrogen and oxygen atoms in total. The van der Waals surface area contributed by atoms with Crippen LogP contribution >= 0.6 is 11.6 Å². The molecule has 1 aliphatic rings. The van der Waals surface area contributed by atoms with Gasteiger partial charge >= 0.3 is 0 Å². The Bertz CT molecular complexity index is 471. The molecule has 0 aliphatic carbocycles. The highest BCUT2D eigenvalue weighted by molar-refractivity contribution is 6.30. The predicted molar refractivity (Wildman–Crippen MR) is 87.0 cm³/mol. The standard InChI is InChI=1S/C17H25ClN2/c1-17(2,3)14-8-10-20(11-9-14)16(12-19)13-4-6-15(18)7-5-13/h4-8,16H,9-12,19H2,1-3H3. The summed E-state index contributed by atoms with van der Waals surface area (Å²) in [7, 11) is 0. The number of rotatable bonds is 3. The molecular weight excluding hydrogens is 268 g/mol. The zero-order valence-electron chi connectivity index (χ0n) is 12.7. The van der Waals surface area contributed by atoms with Crippen molar-refractivity contribution in [2.75, 3.05) is 19.6 Å². The topological polar surface area (TPSA) is 29.3 Å². The minimum atomic E-state index is 0.282. The van der Waals surface area contributed by atoms with Crippen molar-refractivity contribution < 1.29 is 0 Å². The lowest BCUT2D eigenvalue weighted by Crippen LogP contribution is -2.38. The predicted octanol–water partition coefficient (Wildman–Crippen LogP) is 4.02.